The Balaban J connectivity index is 1.60. The van der Waals surface area contributed by atoms with E-state index in [1.54, 1.807) is 24.3 Å². The highest BCUT2D eigenvalue weighted by atomic mass is 35.5. The van der Waals surface area contributed by atoms with Gasteiger partial charge in [0.15, 0.2) is 0 Å². The van der Waals surface area contributed by atoms with Gasteiger partial charge in [-0.25, -0.2) is 0 Å². The molecule has 1 N–H and O–H groups in total. The highest BCUT2D eigenvalue weighted by Crippen LogP contribution is 2.38. The molecule has 1 aliphatic rings. The zero-order chi connectivity index (χ0) is 20.8. The number of carbonyl (C=O) groups is 1. The van der Waals surface area contributed by atoms with Crippen LogP contribution in [0.15, 0.2) is 52.3 Å². The van der Waals surface area contributed by atoms with E-state index in [-0.39, 0.29) is 12.5 Å². The second-order valence-electron chi connectivity index (χ2n) is 6.59. The lowest BCUT2D eigenvalue weighted by Crippen LogP contribution is -2.48. The first kappa shape index (κ1) is 22.5. The summed E-state index contributed by atoms with van der Waals surface area (Å²) in [5.74, 6) is -0.0174. The van der Waals surface area contributed by atoms with E-state index < -0.39 is 0 Å². The third-order valence-corrected chi connectivity index (χ3v) is 6.82. The van der Waals surface area contributed by atoms with Crippen molar-refractivity contribution in [3.8, 4) is 0 Å². The first-order valence-corrected chi connectivity index (χ1v) is 11.1. The Morgan fingerprint density at radius 3 is 2.28 bits per heavy atom. The molecule has 0 atom stereocenters. The van der Waals surface area contributed by atoms with Gasteiger partial charge in [0.2, 0.25) is 5.91 Å². The number of nitrogens with zero attached hydrogens (tertiary/aromatic N) is 2. The Hall–Kier alpha value is -1.21. The molecule has 0 aliphatic carbocycles. The van der Waals surface area contributed by atoms with Crippen molar-refractivity contribution in [3.63, 3.8) is 0 Å². The van der Waals surface area contributed by atoms with Crippen LogP contribution < -0.4 is 0 Å². The van der Waals surface area contributed by atoms with Crippen molar-refractivity contribution in [2.75, 3.05) is 39.3 Å². The second-order valence-corrected chi connectivity index (χ2v) is 8.93. The average molecular weight is 472 g/mol. The number of benzene rings is 2. The molecule has 0 unspecified atom stereocenters. The zero-order valence-electron chi connectivity index (χ0n) is 15.7. The normalized spacial score (nSPS) is 15.2. The Kier molecular flexibility index (Phi) is 8.30. The number of amides is 1. The van der Waals surface area contributed by atoms with Crippen LogP contribution in [0.3, 0.4) is 0 Å². The van der Waals surface area contributed by atoms with Crippen LogP contribution in [0.5, 0.6) is 0 Å². The molecule has 1 heterocycles. The number of piperazine rings is 1. The Bertz CT molecular complexity index is 899. The molecule has 1 fully saturated rings. The number of hydrogen-bond acceptors (Lipinski definition) is 4. The third-order valence-electron chi connectivity index (χ3n) is 4.59. The maximum Gasteiger partial charge on any atom is 0.246 e. The molecule has 4 nitrogen and oxygen atoms in total. The van der Waals surface area contributed by atoms with Crippen LogP contribution >= 0.6 is 46.6 Å². The summed E-state index contributed by atoms with van der Waals surface area (Å²) >= 11 is 20.1. The number of aliphatic hydroxyl groups excluding tert-OH is 1. The lowest BCUT2D eigenvalue weighted by molar-refractivity contribution is -0.127. The zero-order valence-corrected chi connectivity index (χ0v) is 18.7. The lowest BCUT2D eigenvalue weighted by atomic mass is 10.2. The van der Waals surface area contributed by atoms with Crippen LogP contribution in [0.4, 0.5) is 0 Å². The summed E-state index contributed by atoms with van der Waals surface area (Å²) in [4.78, 5) is 18.1. The van der Waals surface area contributed by atoms with Crippen LogP contribution in [-0.2, 0) is 4.79 Å². The van der Waals surface area contributed by atoms with Crippen LogP contribution in [0.2, 0.25) is 15.1 Å². The SMILES string of the molecule is O=C(/C=C/c1ccc(Sc2ccc(Cl)cc2Cl)c(Cl)c1)N1CCN(CCO)CC1. The van der Waals surface area contributed by atoms with Crippen molar-refractivity contribution in [2.45, 2.75) is 9.79 Å². The molecule has 2 aromatic rings. The van der Waals surface area contributed by atoms with E-state index in [1.165, 1.54) is 11.8 Å². The highest BCUT2D eigenvalue weighted by Gasteiger charge is 2.18. The molecule has 0 spiro atoms. The van der Waals surface area contributed by atoms with Gasteiger partial charge in [-0.15, -0.1) is 0 Å². The van der Waals surface area contributed by atoms with Gasteiger partial charge >= 0.3 is 0 Å². The molecule has 154 valence electrons. The molecule has 1 saturated heterocycles. The van der Waals surface area contributed by atoms with Gasteiger partial charge in [-0.3, -0.25) is 9.69 Å². The number of rotatable bonds is 6. The van der Waals surface area contributed by atoms with Gasteiger partial charge < -0.3 is 10.0 Å². The Morgan fingerprint density at radius 1 is 1.00 bits per heavy atom. The van der Waals surface area contributed by atoms with Gasteiger partial charge in [-0.2, -0.15) is 0 Å². The summed E-state index contributed by atoms with van der Waals surface area (Å²) < 4.78 is 0. The number of aliphatic hydroxyl groups is 1. The molecule has 0 bridgehead atoms. The van der Waals surface area contributed by atoms with E-state index in [4.69, 9.17) is 39.9 Å². The molecule has 0 radical (unpaired) electrons. The van der Waals surface area contributed by atoms with Crippen LogP contribution in [0.1, 0.15) is 5.56 Å². The van der Waals surface area contributed by atoms with E-state index in [0.717, 1.165) is 28.4 Å². The fraction of sp³-hybridized carbons (Fsp3) is 0.286. The minimum absolute atomic E-state index is 0.0174. The standard InChI is InChI=1S/C21H21Cl3N2O2S/c22-16-3-5-20(18(24)14-16)29-19-4-1-15(13-17(19)23)2-6-21(28)26-9-7-25(8-10-26)11-12-27/h1-6,13-14,27H,7-12H2/b6-2+. The van der Waals surface area contributed by atoms with Crippen molar-refractivity contribution < 1.29 is 9.90 Å². The number of halogens is 3. The number of carbonyl (C=O) groups excluding carboxylic acids is 1. The van der Waals surface area contributed by atoms with E-state index in [9.17, 15) is 4.79 Å². The molecule has 0 saturated carbocycles. The molecular weight excluding hydrogens is 451 g/mol. The number of hydrogen-bond donors (Lipinski definition) is 1. The van der Waals surface area contributed by atoms with Crippen molar-refractivity contribution in [1.82, 2.24) is 9.80 Å². The molecule has 3 rings (SSSR count). The van der Waals surface area contributed by atoms with Gasteiger partial charge in [-0.1, -0.05) is 52.6 Å². The molecular formula is C21H21Cl3N2O2S. The van der Waals surface area contributed by atoms with Gasteiger partial charge in [0, 0.05) is 53.6 Å². The Labute approximate surface area is 190 Å². The van der Waals surface area contributed by atoms with Crippen molar-refractivity contribution in [3.05, 3.63) is 63.1 Å². The first-order valence-electron chi connectivity index (χ1n) is 9.19. The summed E-state index contributed by atoms with van der Waals surface area (Å²) in [6.07, 6.45) is 3.36. The summed E-state index contributed by atoms with van der Waals surface area (Å²) in [6.45, 7) is 3.70. The predicted octanol–water partition coefficient (Wildman–Crippen LogP) is 4.95. The Morgan fingerprint density at radius 2 is 1.66 bits per heavy atom. The monoisotopic (exact) mass is 470 g/mol. The minimum atomic E-state index is -0.0174. The third kappa shape index (κ3) is 6.38. The van der Waals surface area contributed by atoms with Crippen molar-refractivity contribution in [2.24, 2.45) is 0 Å². The van der Waals surface area contributed by atoms with Crippen LogP contribution in [-0.4, -0.2) is 60.1 Å². The summed E-state index contributed by atoms with van der Waals surface area (Å²) in [5.41, 5.74) is 0.855. The molecule has 0 aromatic heterocycles. The summed E-state index contributed by atoms with van der Waals surface area (Å²) in [7, 11) is 0. The fourth-order valence-corrected chi connectivity index (χ4v) is 4.64. The maximum atomic E-state index is 12.4. The van der Waals surface area contributed by atoms with E-state index in [0.29, 0.717) is 34.7 Å². The largest absolute Gasteiger partial charge is 0.395 e. The quantitative estimate of drug-likeness (QED) is 0.606. The topological polar surface area (TPSA) is 43.8 Å². The van der Waals surface area contributed by atoms with Gasteiger partial charge in [0.1, 0.15) is 0 Å². The molecule has 29 heavy (non-hydrogen) atoms. The second kappa shape index (κ2) is 10.7. The average Bonchev–Trinajstić information content (AvgIpc) is 2.70. The maximum absolute atomic E-state index is 12.4. The summed E-state index contributed by atoms with van der Waals surface area (Å²) in [5, 5.41) is 10.8. The van der Waals surface area contributed by atoms with Gasteiger partial charge in [0.25, 0.3) is 0 Å². The molecule has 2 aromatic carbocycles. The fourth-order valence-electron chi connectivity index (χ4n) is 2.99. The molecule has 1 aliphatic heterocycles. The van der Waals surface area contributed by atoms with Crippen molar-refractivity contribution in [1.29, 1.82) is 0 Å². The smallest absolute Gasteiger partial charge is 0.246 e. The molecule has 1 amide bonds. The van der Waals surface area contributed by atoms with Crippen LogP contribution in [0.25, 0.3) is 6.08 Å². The first-order chi connectivity index (χ1) is 14.0. The van der Waals surface area contributed by atoms with Crippen molar-refractivity contribution >= 4 is 58.5 Å². The summed E-state index contributed by atoms with van der Waals surface area (Å²) in [6, 6.07) is 11.0. The lowest BCUT2D eigenvalue weighted by Gasteiger charge is -2.33. The van der Waals surface area contributed by atoms with Gasteiger partial charge in [-0.05, 0) is 42.0 Å². The minimum Gasteiger partial charge on any atom is -0.395 e. The number of β-amino-alcohol motifs (C(OH)–C–C–N with tert-alkyl or cyclic N) is 1. The van der Waals surface area contributed by atoms with E-state index >= 15 is 0 Å². The molecule has 8 heteroatoms. The van der Waals surface area contributed by atoms with Gasteiger partial charge in [0.05, 0.1) is 16.7 Å². The van der Waals surface area contributed by atoms with E-state index in [1.807, 2.05) is 29.2 Å². The van der Waals surface area contributed by atoms with Crippen LogP contribution in [0, 0.1) is 0 Å². The van der Waals surface area contributed by atoms with E-state index in [2.05, 4.69) is 4.90 Å². The highest BCUT2D eigenvalue weighted by molar-refractivity contribution is 7.99. The predicted molar refractivity (Wildman–Crippen MR) is 121 cm³/mol.